The van der Waals surface area contributed by atoms with Crippen molar-refractivity contribution in [1.82, 2.24) is 9.55 Å². The molecular weight excluding hydrogens is 207 g/mol. The second-order valence-corrected chi connectivity index (χ2v) is 3.50. The van der Waals surface area contributed by atoms with E-state index in [0.29, 0.717) is 6.61 Å². The molecule has 1 aromatic carbocycles. The molecule has 0 radical (unpaired) electrons. The molecule has 17 heavy (non-hydrogen) atoms. The fourth-order valence-electron chi connectivity index (χ4n) is 1.67. The maximum atomic E-state index is 5.54. The summed E-state index contributed by atoms with van der Waals surface area (Å²) in [5.74, 6) is 0.890. The van der Waals surface area contributed by atoms with E-state index in [4.69, 9.17) is 4.74 Å². The maximum absolute atomic E-state index is 5.54. The van der Waals surface area contributed by atoms with Gasteiger partial charge in [0.2, 0.25) is 0 Å². The van der Waals surface area contributed by atoms with E-state index >= 15 is 0 Å². The van der Waals surface area contributed by atoms with E-state index in [1.54, 1.807) is 6.20 Å². The van der Waals surface area contributed by atoms with Gasteiger partial charge in [0, 0.05) is 6.61 Å². The van der Waals surface area contributed by atoms with Gasteiger partial charge in [-0.25, -0.2) is 0 Å². The van der Waals surface area contributed by atoms with Gasteiger partial charge in [0.05, 0.1) is 0 Å². The molecule has 3 nitrogen and oxygen atoms in total. The summed E-state index contributed by atoms with van der Waals surface area (Å²) in [6, 6.07) is 10.1. The third kappa shape index (κ3) is 3.23. The van der Waals surface area contributed by atoms with Crippen LogP contribution in [0, 0.1) is 6.20 Å². The molecule has 0 N–H and O–H groups in total. The smallest absolute Gasteiger partial charge is 0.471 e. The Labute approximate surface area is 114 Å². The van der Waals surface area contributed by atoms with Crippen LogP contribution in [0.3, 0.4) is 0 Å². The molecule has 0 saturated carbocycles. The molecule has 0 fully saturated rings. The van der Waals surface area contributed by atoms with E-state index in [2.05, 4.69) is 11.2 Å². The van der Waals surface area contributed by atoms with Crippen LogP contribution in [-0.2, 0) is 4.74 Å². The van der Waals surface area contributed by atoms with Crippen molar-refractivity contribution in [2.24, 2.45) is 0 Å². The zero-order chi connectivity index (χ0) is 11.4. The summed E-state index contributed by atoms with van der Waals surface area (Å²) in [7, 11) is 0. The van der Waals surface area contributed by atoms with Gasteiger partial charge in [-0.05, 0) is 19.7 Å². The number of nitrogens with zero attached hydrogens (tertiary/aromatic N) is 2. The van der Waals surface area contributed by atoms with Crippen LogP contribution < -0.4 is 18.9 Å². The van der Waals surface area contributed by atoms with Crippen LogP contribution in [0.4, 0.5) is 0 Å². The summed E-state index contributed by atoms with van der Waals surface area (Å²) < 4.78 is 7.46. The zero-order valence-corrected chi connectivity index (χ0v) is 10.6. The predicted molar refractivity (Wildman–Crippen MR) is 62.8 cm³/mol. The first-order chi connectivity index (χ1) is 7.83. The van der Waals surface area contributed by atoms with Crippen molar-refractivity contribution >= 4 is 0 Å². The minimum atomic E-state index is -0.0392. The van der Waals surface area contributed by atoms with E-state index in [9.17, 15) is 0 Å². The fraction of sp³-hybridized carbons (Fsp3) is 0.308. The second kappa shape index (κ2) is 6.66. The molecule has 0 aliphatic heterocycles. The van der Waals surface area contributed by atoms with E-state index in [1.165, 1.54) is 0 Å². The van der Waals surface area contributed by atoms with Crippen LogP contribution in [0.25, 0.3) is 11.4 Å². The molecule has 1 unspecified atom stereocenters. The molecule has 0 aliphatic rings. The molecule has 2 aromatic rings. The summed E-state index contributed by atoms with van der Waals surface area (Å²) >= 11 is 0. The number of hydrogen-bond acceptors (Lipinski definition) is 2. The Balaban J connectivity index is 0.00000144. The first-order valence-corrected chi connectivity index (χ1v) is 5.45. The minimum Gasteiger partial charge on any atom is -0.471 e. The molecular formula is C13H15LiN2O. The Morgan fingerprint density at radius 3 is 2.71 bits per heavy atom. The Kier molecular flexibility index (Phi) is 5.50. The molecule has 0 saturated heterocycles. The Morgan fingerprint density at radius 1 is 1.35 bits per heavy atom. The van der Waals surface area contributed by atoms with Gasteiger partial charge in [0.15, 0.2) is 0 Å². The third-order valence-electron chi connectivity index (χ3n) is 2.42. The first kappa shape index (κ1) is 14.0. The minimum absolute atomic E-state index is 0. The molecule has 84 valence electrons. The topological polar surface area (TPSA) is 27.1 Å². The van der Waals surface area contributed by atoms with Gasteiger partial charge in [0.25, 0.3) is 0 Å². The molecule has 1 heterocycles. The SMILES string of the molecule is CCOC(C)n1[c-]cnc1-c1ccccc1.[Li+]. The van der Waals surface area contributed by atoms with Crippen molar-refractivity contribution in [1.29, 1.82) is 0 Å². The van der Waals surface area contributed by atoms with Crippen LogP contribution >= 0.6 is 0 Å². The van der Waals surface area contributed by atoms with Gasteiger partial charge in [-0.15, -0.1) is 6.20 Å². The standard InChI is InChI=1S/C13H15N2O.Li/c1-3-16-11(2)15-10-9-14-13(15)12-7-5-4-6-8-12;/h4-9,11H,3H2,1-2H3;/q-1;+1. The van der Waals surface area contributed by atoms with E-state index in [0.717, 1.165) is 11.4 Å². The average molecular weight is 222 g/mol. The summed E-state index contributed by atoms with van der Waals surface area (Å²) in [6.07, 6.45) is 4.71. The van der Waals surface area contributed by atoms with E-state index < -0.39 is 0 Å². The number of imidazole rings is 1. The van der Waals surface area contributed by atoms with Gasteiger partial charge in [0.1, 0.15) is 6.23 Å². The number of benzene rings is 1. The van der Waals surface area contributed by atoms with Crippen molar-refractivity contribution in [3.8, 4) is 11.4 Å². The van der Waals surface area contributed by atoms with Crippen LogP contribution in [0.15, 0.2) is 36.5 Å². The Morgan fingerprint density at radius 2 is 2.06 bits per heavy atom. The van der Waals surface area contributed by atoms with Crippen LogP contribution in [0.1, 0.15) is 20.1 Å². The predicted octanol–water partition coefficient (Wildman–Crippen LogP) is -0.0907. The number of aromatic nitrogens is 2. The summed E-state index contributed by atoms with van der Waals surface area (Å²) in [4.78, 5) is 4.32. The van der Waals surface area contributed by atoms with Crippen LogP contribution in [0.5, 0.6) is 0 Å². The van der Waals surface area contributed by atoms with Crippen molar-refractivity contribution in [2.75, 3.05) is 6.61 Å². The van der Waals surface area contributed by atoms with Crippen molar-refractivity contribution < 1.29 is 23.6 Å². The third-order valence-corrected chi connectivity index (χ3v) is 2.42. The Hall–Kier alpha value is -1.01. The van der Waals surface area contributed by atoms with Crippen molar-refractivity contribution in [3.63, 3.8) is 0 Å². The quantitative estimate of drug-likeness (QED) is 0.534. The van der Waals surface area contributed by atoms with Crippen molar-refractivity contribution in [2.45, 2.75) is 20.1 Å². The largest absolute Gasteiger partial charge is 1.00 e. The van der Waals surface area contributed by atoms with Gasteiger partial charge in [-0.3, -0.25) is 0 Å². The van der Waals surface area contributed by atoms with Gasteiger partial charge in [-0.1, -0.05) is 42.1 Å². The molecule has 4 heteroatoms. The molecule has 2 rings (SSSR count). The molecule has 0 bridgehead atoms. The molecule has 1 aromatic heterocycles. The maximum Gasteiger partial charge on any atom is 1.00 e. The second-order valence-electron chi connectivity index (χ2n) is 3.50. The summed E-state index contributed by atoms with van der Waals surface area (Å²) in [5, 5.41) is 0. The monoisotopic (exact) mass is 222 g/mol. The molecule has 0 amide bonds. The summed E-state index contributed by atoms with van der Waals surface area (Å²) in [5.41, 5.74) is 1.08. The van der Waals surface area contributed by atoms with Gasteiger partial charge >= 0.3 is 18.9 Å². The fourth-order valence-corrected chi connectivity index (χ4v) is 1.67. The summed E-state index contributed by atoms with van der Waals surface area (Å²) in [6.45, 7) is 4.66. The van der Waals surface area contributed by atoms with Gasteiger partial charge in [-0.2, -0.15) is 0 Å². The molecule has 0 spiro atoms. The Bertz CT molecular complexity index is 442. The number of rotatable bonds is 4. The molecule has 0 aliphatic carbocycles. The van der Waals surface area contributed by atoms with Crippen molar-refractivity contribution in [3.05, 3.63) is 42.7 Å². The average Bonchev–Trinajstić information content (AvgIpc) is 2.79. The van der Waals surface area contributed by atoms with Crippen LogP contribution in [-0.4, -0.2) is 16.2 Å². The van der Waals surface area contributed by atoms with E-state index in [-0.39, 0.29) is 25.1 Å². The van der Waals surface area contributed by atoms with Crippen LogP contribution in [0.2, 0.25) is 0 Å². The van der Waals surface area contributed by atoms with E-state index in [1.807, 2.05) is 48.7 Å². The first-order valence-electron chi connectivity index (χ1n) is 5.45. The normalized spacial score (nSPS) is 11.9. The zero-order valence-electron chi connectivity index (χ0n) is 10.6. The molecule has 1 atom stereocenters. The van der Waals surface area contributed by atoms with Gasteiger partial charge < -0.3 is 14.3 Å². The number of hydrogen-bond donors (Lipinski definition) is 0. The number of ether oxygens (including phenoxy) is 1.